The number of nitrogens with zero attached hydrogens (tertiary/aromatic N) is 2. The number of rotatable bonds is 5. The Balaban J connectivity index is 2.05. The third-order valence-electron chi connectivity index (χ3n) is 3.89. The third kappa shape index (κ3) is 3.87. The zero-order chi connectivity index (χ0) is 16.1. The summed E-state index contributed by atoms with van der Waals surface area (Å²) in [5, 5.41) is 10.1. The van der Waals surface area contributed by atoms with Gasteiger partial charge in [0.15, 0.2) is 0 Å². The Bertz CT molecular complexity index is 606. The molecule has 5 heteroatoms. The number of hydrogen-bond donors (Lipinski definition) is 2. The van der Waals surface area contributed by atoms with E-state index in [4.69, 9.17) is 0 Å². The first-order valence-electron chi connectivity index (χ1n) is 7.58. The topological polar surface area (TPSA) is 61.0 Å². The van der Waals surface area contributed by atoms with Crippen LogP contribution in [0.4, 0.5) is 4.79 Å². The van der Waals surface area contributed by atoms with Crippen LogP contribution < -0.4 is 5.32 Å². The highest BCUT2D eigenvalue weighted by atomic mass is 16.2. The summed E-state index contributed by atoms with van der Waals surface area (Å²) in [5.41, 5.74) is 3.03. The fraction of sp³-hybridized carbons (Fsp3) is 0.412. The van der Waals surface area contributed by atoms with Gasteiger partial charge in [0, 0.05) is 18.7 Å². The van der Waals surface area contributed by atoms with Crippen molar-refractivity contribution in [2.24, 2.45) is 5.92 Å². The van der Waals surface area contributed by atoms with Crippen LogP contribution in [0.1, 0.15) is 26.3 Å². The highest BCUT2D eigenvalue weighted by molar-refractivity contribution is 5.74. The van der Waals surface area contributed by atoms with E-state index in [0.717, 1.165) is 16.8 Å². The van der Waals surface area contributed by atoms with E-state index in [2.05, 4.69) is 29.4 Å². The molecule has 2 N–H and O–H groups in total. The van der Waals surface area contributed by atoms with E-state index in [1.165, 1.54) is 0 Å². The maximum atomic E-state index is 12.2. The molecule has 1 heterocycles. The fourth-order valence-electron chi connectivity index (χ4n) is 2.08. The molecule has 22 heavy (non-hydrogen) atoms. The Morgan fingerprint density at radius 2 is 1.95 bits per heavy atom. The van der Waals surface area contributed by atoms with E-state index in [9.17, 15) is 4.79 Å². The molecule has 1 aromatic carbocycles. The van der Waals surface area contributed by atoms with Crippen molar-refractivity contribution in [1.29, 1.82) is 0 Å². The lowest BCUT2D eigenvalue weighted by Gasteiger charge is -2.23. The van der Waals surface area contributed by atoms with Crippen molar-refractivity contribution >= 4 is 6.03 Å². The molecule has 0 bridgehead atoms. The molecule has 118 valence electrons. The van der Waals surface area contributed by atoms with Gasteiger partial charge in [-0.25, -0.2) is 4.79 Å². The first kappa shape index (κ1) is 16.1. The minimum Gasteiger partial charge on any atom is -0.335 e. The van der Waals surface area contributed by atoms with Gasteiger partial charge < -0.3 is 10.2 Å². The number of hydrogen-bond acceptors (Lipinski definition) is 2. The summed E-state index contributed by atoms with van der Waals surface area (Å²) in [4.78, 5) is 13.9. The summed E-state index contributed by atoms with van der Waals surface area (Å²) in [6, 6.07) is 10.1. The van der Waals surface area contributed by atoms with Gasteiger partial charge in [0.2, 0.25) is 0 Å². The van der Waals surface area contributed by atoms with Crippen LogP contribution in [0.15, 0.2) is 36.5 Å². The molecule has 0 spiro atoms. The Morgan fingerprint density at radius 1 is 1.27 bits per heavy atom. The Labute approximate surface area is 131 Å². The predicted octanol–water partition coefficient (Wildman–Crippen LogP) is 3.26. The molecule has 2 amide bonds. The second-order valence-electron chi connectivity index (χ2n) is 5.97. The Kier molecular flexibility index (Phi) is 5.20. The second-order valence-corrected chi connectivity index (χ2v) is 5.97. The lowest BCUT2D eigenvalue weighted by molar-refractivity contribution is 0.200. The lowest BCUT2D eigenvalue weighted by atomic mass is 10.1. The van der Waals surface area contributed by atoms with Gasteiger partial charge in [-0.15, -0.1) is 0 Å². The molecular formula is C17H24N4O. The Morgan fingerprint density at radius 3 is 2.59 bits per heavy atom. The van der Waals surface area contributed by atoms with Crippen LogP contribution in [-0.2, 0) is 6.54 Å². The minimum atomic E-state index is -0.0681. The normalized spacial score (nSPS) is 12.2. The maximum Gasteiger partial charge on any atom is 0.317 e. The van der Waals surface area contributed by atoms with Gasteiger partial charge in [-0.1, -0.05) is 44.2 Å². The average Bonchev–Trinajstić information content (AvgIpc) is 2.96. The fourth-order valence-corrected chi connectivity index (χ4v) is 2.08. The number of urea groups is 1. The van der Waals surface area contributed by atoms with Crippen molar-refractivity contribution in [1.82, 2.24) is 20.4 Å². The van der Waals surface area contributed by atoms with Crippen LogP contribution >= 0.6 is 0 Å². The van der Waals surface area contributed by atoms with E-state index >= 15 is 0 Å². The molecule has 0 aliphatic heterocycles. The quantitative estimate of drug-likeness (QED) is 0.890. The van der Waals surface area contributed by atoms with Crippen LogP contribution in [0.25, 0.3) is 11.3 Å². The molecule has 0 unspecified atom stereocenters. The van der Waals surface area contributed by atoms with E-state index in [1.54, 1.807) is 18.1 Å². The van der Waals surface area contributed by atoms with E-state index in [-0.39, 0.29) is 12.1 Å². The summed E-state index contributed by atoms with van der Waals surface area (Å²) in [7, 11) is 1.80. The van der Waals surface area contributed by atoms with Crippen LogP contribution in [0, 0.1) is 5.92 Å². The first-order valence-corrected chi connectivity index (χ1v) is 7.58. The zero-order valence-corrected chi connectivity index (χ0v) is 13.6. The van der Waals surface area contributed by atoms with Crippen LogP contribution in [0.3, 0.4) is 0 Å². The van der Waals surface area contributed by atoms with Crippen LogP contribution in [-0.4, -0.2) is 34.2 Å². The number of carbonyl (C=O) groups is 1. The molecule has 2 rings (SSSR count). The second kappa shape index (κ2) is 7.11. The summed E-state index contributed by atoms with van der Waals surface area (Å²) < 4.78 is 0. The van der Waals surface area contributed by atoms with Gasteiger partial charge in [-0.3, -0.25) is 5.10 Å². The van der Waals surface area contributed by atoms with Crippen LogP contribution in [0.2, 0.25) is 0 Å². The van der Waals surface area contributed by atoms with Gasteiger partial charge in [0.05, 0.1) is 18.4 Å². The molecule has 5 nitrogen and oxygen atoms in total. The number of amides is 2. The van der Waals surface area contributed by atoms with Crippen molar-refractivity contribution in [2.75, 3.05) is 7.05 Å². The van der Waals surface area contributed by atoms with Gasteiger partial charge in [-0.2, -0.15) is 5.10 Å². The maximum absolute atomic E-state index is 12.2. The molecule has 1 atom stereocenters. The van der Waals surface area contributed by atoms with Crippen molar-refractivity contribution in [3.05, 3.63) is 42.1 Å². The summed E-state index contributed by atoms with van der Waals surface area (Å²) in [5.74, 6) is 0.408. The molecule has 0 radical (unpaired) electrons. The van der Waals surface area contributed by atoms with Crippen LogP contribution in [0.5, 0.6) is 0 Å². The monoisotopic (exact) mass is 300 g/mol. The van der Waals surface area contributed by atoms with Crippen molar-refractivity contribution in [3.8, 4) is 11.3 Å². The smallest absolute Gasteiger partial charge is 0.317 e. The van der Waals surface area contributed by atoms with Gasteiger partial charge in [-0.05, 0) is 18.4 Å². The molecule has 1 aromatic heterocycles. The third-order valence-corrected chi connectivity index (χ3v) is 3.89. The summed E-state index contributed by atoms with van der Waals surface area (Å²) in [6.07, 6.45) is 1.78. The minimum absolute atomic E-state index is 0.0681. The van der Waals surface area contributed by atoms with Gasteiger partial charge in [0.1, 0.15) is 0 Å². The standard InChI is InChI=1S/C17H24N4O/c1-12(2)13(3)19-17(22)21(4)11-15-10-18-20-16(15)14-8-6-5-7-9-14/h5-10,12-13H,11H2,1-4H3,(H,18,20)(H,19,22)/t13-/m0/s1. The molecule has 0 saturated carbocycles. The van der Waals surface area contributed by atoms with E-state index < -0.39 is 0 Å². The SMILES string of the molecule is CC(C)[C@H](C)NC(=O)N(C)Cc1cn[nH]c1-c1ccccc1. The highest BCUT2D eigenvalue weighted by Gasteiger charge is 2.16. The average molecular weight is 300 g/mol. The number of benzene rings is 1. The van der Waals surface area contributed by atoms with Crippen molar-refractivity contribution < 1.29 is 4.79 Å². The number of H-pyrrole nitrogens is 1. The largest absolute Gasteiger partial charge is 0.335 e. The number of aromatic amines is 1. The number of nitrogens with one attached hydrogen (secondary N) is 2. The number of aromatic nitrogens is 2. The molecule has 0 fully saturated rings. The molecule has 0 aliphatic carbocycles. The highest BCUT2D eigenvalue weighted by Crippen LogP contribution is 2.21. The van der Waals surface area contributed by atoms with Gasteiger partial charge >= 0.3 is 6.03 Å². The molecule has 0 saturated heterocycles. The first-order chi connectivity index (χ1) is 10.5. The predicted molar refractivity (Wildman–Crippen MR) is 88.3 cm³/mol. The lowest BCUT2D eigenvalue weighted by Crippen LogP contribution is -2.43. The summed E-state index contributed by atoms with van der Waals surface area (Å²) in [6.45, 7) is 6.71. The Hall–Kier alpha value is -2.30. The molecular weight excluding hydrogens is 276 g/mol. The van der Waals surface area contributed by atoms with Crippen molar-refractivity contribution in [3.63, 3.8) is 0 Å². The van der Waals surface area contributed by atoms with E-state index in [0.29, 0.717) is 12.5 Å². The number of carbonyl (C=O) groups excluding carboxylic acids is 1. The van der Waals surface area contributed by atoms with Crippen molar-refractivity contribution in [2.45, 2.75) is 33.4 Å². The van der Waals surface area contributed by atoms with E-state index in [1.807, 2.05) is 37.3 Å². The summed E-state index contributed by atoms with van der Waals surface area (Å²) >= 11 is 0. The zero-order valence-electron chi connectivity index (χ0n) is 13.6. The molecule has 2 aromatic rings. The molecule has 0 aliphatic rings. The van der Waals surface area contributed by atoms with Gasteiger partial charge in [0.25, 0.3) is 0 Å².